The quantitative estimate of drug-likeness (QED) is 0.00860. The number of nitrogens with two attached hydrogens (primary N) is 1. The van der Waals surface area contributed by atoms with Crippen LogP contribution < -0.4 is 37.6 Å². The van der Waals surface area contributed by atoms with Gasteiger partial charge in [-0.25, -0.2) is 19.2 Å². The number of nitrogens with one attached hydrogen (secondary N) is 6. The molecule has 0 aromatic heterocycles. The van der Waals surface area contributed by atoms with Gasteiger partial charge in [0.25, 0.3) is 17.7 Å². The zero-order chi connectivity index (χ0) is 88.8. The minimum atomic E-state index is -4.91. The first-order chi connectivity index (χ1) is 55.5. The van der Waals surface area contributed by atoms with Crippen molar-refractivity contribution in [3.63, 3.8) is 0 Å². The lowest BCUT2D eigenvalue weighted by molar-refractivity contribution is -0.174. The van der Waals surface area contributed by atoms with Crippen molar-refractivity contribution in [1.29, 1.82) is 0 Å². The van der Waals surface area contributed by atoms with E-state index in [1.807, 2.05) is 127 Å². The van der Waals surface area contributed by atoms with Gasteiger partial charge < -0.3 is 57.0 Å². The molecule has 117 heavy (non-hydrogen) atoms. The van der Waals surface area contributed by atoms with Gasteiger partial charge in [-0.3, -0.25) is 23.6 Å². The number of rotatable bonds is 49. The number of ether oxygens (including phenoxy) is 3. The second kappa shape index (κ2) is 65.7. The van der Waals surface area contributed by atoms with Crippen molar-refractivity contribution in [2.24, 2.45) is 5.73 Å². The summed E-state index contributed by atoms with van der Waals surface area (Å²) in [5.41, 5.74) is 16.1. The standard InChI is InChI=1S/C24H35F3N2O4S2.C23H38N2O3S2.C21H34N2O3S2.C17H27NO2S.CH3F.ClH/c1-15(2)18-10-9-16(7-6-8-17(14-35-5)28-23(32)24(25,26)27)13-19(18)21(30)29-20(11-12-34-4)22(31)33-3;1-16(2)19-11-10-17(8-7-9-18(24-3)15-30-6)14-20(19)22(26)25-21(12-13-29-5)23(27)28-4;1-14(2)17-9-8-15(6-5-7-16(22)13-27)12-18(17)20(24)23-19(10-11-28-4)21(25)26-3;1-12(2)15-9-8-13(10-16(15)17(19)20)6-5-7-14(18-3)11-21-4;1-2;/h9-10,13,15,17,20H,6-8,11-12,14H2,1-5H3,(H,28,32)(H,29,30);10-11,14,16,18,21,24H,7-9,12-13,15H2,1-6H3,(H,25,26);8-9,12,14,16,19,27H,5-7,10-11,13,22H2,1-4H3,(H,23,24);8-10,12,14,18H,5-7,11H2,1-4H3,(H,19,20);1H3;1H/t17-,20-;18-,21+;16-,19-;14-;;/m1111../s1/i;;;;1D;. The van der Waals surface area contributed by atoms with Gasteiger partial charge in [-0.2, -0.15) is 96.4 Å². The number of carboxylic acid groups (broad SMARTS) is 1. The molecule has 0 spiro atoms. The number of hydrogen-bond acceptors (Lipinski definition) is 21. The number of thiol groups is 1. The number of amides is 4. The Kier molecular flexibility index (Phi) is 62.8. The maximum Gasteiger partial charge on any atom is 0.471 e. The number of benzene rings is 4. The van der Waals surface area contributed by atoms with Gasteiger partial charge in [0.05, 0.1) is 35.4 Å². The second-order valence-electron chi connectivity index (χ2n) is 29.1. The molecule has 0 radical (unpaired) electrons. The Balaban J connectivity index is 0. The van der Waals surface area contributed by atoms with Crippen LogP contribution in [0.15, 0.2) is 72.8 Å². The number of alkyl halides is 4. The largest absolute Gasteiger partial charge is 0.478 e. The number of carbonyl (C=O) groups excluding carboxylic acids is 7. The SMILES string of the molecule is CN[C@H](CCCc1ccc(C(C)C)c(C(=O)N[C@@H](CCSC)C(=O)OC)c1)CSC.CN[C@H](CCCc1ccc(C(C)C)c(C(=O)O)c1)CSC.COC(=O)[C@@H](CCSC)NC(=O)c1cc(CCC[C@@H](N)CS)ccc1C(C)C.COC(=O)[C@@H](CCSC)NC(=O)c1cc(CCC[C@H](CSC)NC(=O)C(F)(F)F)ccc1C(C)C.Cl.[2H]CF. The Bertz CT molecular complexity index is 3550. The van der Waals surface area contributed by atoms with Crippen LogP contribution in [-0.4, -0.2) is 221 Å². The molecule has 0 saturated heterocycles. The first-order valence-electron chi connectivity index (χ1n) is 40.0. The minimum absolute atomic E-state index is 0. The normalized spacial score (nSPS) is 12.9. The molecule has 9 N–H and O–H groups in total. The van der Waals surface area contributed by atoms with Crippen LogP contribution in [0.4, 0.5) is 17.6 Å². The van der Waals surface area contributed by atoms with Crippen LogP contribution in [0, 0.1) is 0 Å². The van der Waals surface area contributed by atoms with Gasteiger partial charge in [0.15, 0.2) is 0 Å². The number of halogens is 5. The van der Waals surface area contributed by atoms with Gasteiger partial charge in [-0.1, -0.05) is 104 Å². The van der Waals surface area contributed by atoms with Crippen LogP contribution >= 0.6 is 95.6 Å². The third-order valence-corrected chi connectivity index (χ3v) is 23.6. The fraction of sp³-hybridized carbons (Fsp3) is 0.628. The molecule has 4 rings (SSSR count). The molecule has 4 aromatic rings. The first kappa shape index (κ1) is 112. The van der Waals surface area contributed by atoms with E-state index in [4.69, 9.17) is 21.3 Å². The Hall–Kier alpha value is -5.02. The Morgan fingerprint density at radius 2 is 0.718 bits per heavy atom. The summed E-state index contributed by atoms with van der Waals surface area (Å²) in [6.45, 7) is 16.3. The summed E-state index contributed by atoms with van der Waals surface area (Å²) in [7, 11) is 6.99. The van der Waals surface area contributed by atoms with Crippen molar-refractivity contribution in [2.75, 3.05) is 120 Å². The molecule has 0 unspecified atom stereocenters. The number of methoxy groups -OCH3 is 3. The van der Waals surface area contributed by atoms with Crippen molar-refractivity contribution in [2.45, 2.75) is 224 Å². The van der Waals surface area contributed by atoms with Gasteiger partial charge in [-0.05, 0) is 258 Å². The molecule has 0 aliphatic heterocycles. The van der Waals surface area contributed by atoms with Crippen LogP contribution in [0.25, 0.3) is 0 Å². The molecule has 19 nitrogen and oxygen atoms in total. The third kappa shape index (κ3) is 45.6. The van der Waals surface area contributed by atoms with Crippen molar-refractivity contribution in [3.8, 4) is 0 Å². The van der Waals surface area contributed by atoms with Gasteiger partial charge in [-0.15, -0.1) is 12.4 Å². The van der Waals surface area contributed by atoms with Crippen molar-refractivity contribution in [3.05, 3.63) is 140 Å². The number of thioether (sulfide) groups is 6. The van der Waals surface area contributed by atoms with Gasteiger partial charge in [0.1, 0.15) is 18.1 Å². The number of esters is 3. The van der Waals surface area contributed by atoms with Crippen LogP contribution in [0.2, 0.25) is 0 Å². The summed E-state index contributed by atoms with van der Waals surface area (Å²) in [6, 6.07) is 22.2. The fourth-order valence-corrected chi connectivity index (χ4v) is 16.1. The fourth-order valence-electron chi connectivity index (χ4n) is 12.4. The molecule has 666 valence electrons. The summed E-state index contributed by atoms with van der Waals surface area (Å²) < 4.78 is 67.9. The molecular formula is C86H138ClF4N7O12S7. The lowest BCUT2D eigenvalue weighted by Crippen LogP contribution is -2.44. The van der Waals surface area contributed by atoms with E-state index in [9.17, 15) is 61.0 Å². The van der Waals surface area contributed by atoms with Crippen LogP contribution in [0.3, 0.4) is 0 Å². The topological polar surface area (TPSA) is 283 Å². The van der Waals surface area contributed by atoms with E-state index in [1.165, 1.54) is 33.1 Å². The van der Waals surface area contributed by atoms with Crippen molar-refractivity contribution in [1.82, 2.24) is 31.9 Å². The Labute approximate surface area is 735 Å². The monoisotopic (exact) mass is 1800 g/mol. The summed E-state index contributed by atoms with van der Waals surface area (Å²) in [5, 5.41) is 26.7. The highest BCUT2D eigenvalue weighted by atomic mass is 35.5. The number of carbonyl (C=O) groups is 8. The van der Waals surface area contributed by atoms with Gasteiger partial charge >= 0.3 is 36.0 Å². The minimum Gasteiger partial charge on any atom is -0.478 e. The summed E-state index contributed by atoms with van der Waals surface area (Å²) in [6.07, 6.45) is 18.8. The van der Waals surface area contributed by atoms with Crippen LogP contribution in [0.5, 0.6) is 0 Å². The van der Waals surface area contributed by atoms with E-state index in [2.05, 4.69) is 109 Å². The van der Waals surface area contributed by atoms with Crippen LogP contribution in [-0.2, 0) is 59.1 Å². The molecule has 0 aliphatic rings. The lowest BCUT2D eigenvalue weighted by atomic mass is 9.93. The maximum absolute atomic E-state index is 13.1. The van der Waals surface area contributed by atoms with Crippen LogP contribution in [0.1, 0.15) is 237 Å². The first-order valence-corrected chi connectivity index (χ1v) is 48.3. The molecule has 0 fully saturated rings. The molecule has 4 aromatic carbocycles. The smallest absolute Gasteiger partial charge is 0.471 e. The predicted molar refractivity (Wildman–Crippen MR) is 495 cm³/mol. The molecule has 0 aliphatic carbocycles. The number of carboxylic acids is 1. The van der Waals surface area contributed by atoms with E-state index in [0.29, 0.717) is 90.1 Å². The van der Waals surface area contributed by atoms with Gasteiger partial charge in [0.2, 0.25) is 0 Å². The molecule has 7 atom stereocenters. The van der Waals surface area contributed by atoms with Gasteiger partial charge in [0, 0.05) is 63.9 Å². The molecule has 0 heterocycles. The van der Waals surface area contributed by atoms with E-state index < -0.39 is 67.3 Å². The molecule has 0 saturated carbocycles. The lowest BCUT2D eigenvalue weighted by Gasteiger charge is -2.20. The Morgan fingerprint density at radius 3 is 0.957 bits per heavy atom. The second-order valence-corrected chi connectivity index (χ2v) is 35.2. The number of hydrogen-bond donors (Lipinski definition) is 9. The highest BCUT2D eigenvalue weighted by molar-refractivity contribution is 7.99. The molecule has 31 heteroatoms. The van der Waals surface area contributed by atoms with E-state index in [1.54, 1.807) is 47.6 Å². The van der Waals surface area contributed by atoms with E-state index >= 15 is 0 Å². The number of aromatic carboxylic acids is 1. The van der Waals surface area contributed by atoms with E-state index in [0.717, 1.165) is 125 Å². The summed E-state index contributed by atoms with van der Waals surface area (Å²) in [5.74, 6) is 1.33. The number of aryl methyl sites for hydroxylation is 4. The molecular weight excluding hydrogens is 1660 g/mol. The summed E-state index contributed by atoms with van der Waals surface area (Å²) >= 11 is 14.1. The highest BCUT2D eigenvalue weighted by Gasteiger charge is 2.40. The predicted octanol–water partition coefficient (Wildman–Crippen LogP) is 16.9. The zero-order valence-electron chi connectivity index (χ0n) is 73.4. The third-order valence-electron chi connectivity index (χ3n) is 19.0. The molecule has 4 amide bonds. The average molecular weight is 1800 g/mol. The molecule has 0 bridgehead atoms. The van der Waals surface area contributed by atoms with E-state index in [-0.39, 0.29) is 59.8 Å². The maximum atomic E-state index is 13.1. The summed E-state index contributed by atoms with van der Waals surface area (Å²) in [4.78, 5) is 98.1. The van der Waals surface area contributed by atoms with Crippen molar-refractivity contribution >= 4 is 143 Å². The average Bonchev–Trinajstić information content (AvgIpc) is 0.835. The van der Waals surface area contributed by atoms with Crippen molar-refractivity contribution < 1.29 is 76.6 Å². The highest BCUT2D eigenvalue weighted by Crippen LogP contribution is 2.28. The zero-order valence-corrected chi connectivity index (χ0v) is 79.0. The Morgan fingerprint density at radius 1 is 0.453 bits per heavy atom.